The van der Waals surface area contributed by atoms with E-state index in [1.54, 1.807) is 36.4 Å². The van der Waals surface area contributed by atoms with Crippen LogP contribution in [-0.4, -0.2) is 20.4 Å². The molecule has 0 unspecified atom stereocenters. The van der Waals surface area contributed by atoms with Gasteiger partial charge in [0.15, 0.2) is 6.10 Å². The van der Waals surface area contributed by atoms with E-state index in [9.17, 15) is 13.2 Å². The quantitative estimate of drug-likeness (QED) is 0.730. The van der Waals surface area contributed by atoms with E-state index in [1.807, 2.05) is 10.9 Å². The van der Waals surface area contributed by atoms with Gasteiger partial charge in [0.2, 0.25) is 0 Å². The monoisotopic (exact) mass is 398 g/mol. The lowest BCUT2D eigenvalue weighted by molar-refractivity contribution is -0.127. The van der Waals surface area contributed by atoms with Crippen molar-refractivity contribution in [3.63, 3.8) is 0 Å². The van der Waals surface area contributed by atoms with Gasteiger partial charge < -0.3 is 4.74 Å². The highest BCUT2D eigenvalue weighted by molar-refractivity contribution is 9.10. The molecule has 2 aromatic rings. The van der Waals surface area contributed by atoms with Crippen LogP contribution in [0.3, 0.4) is 0 Å². The van der Waals surface area contributed by atoms with Gasteiger partial charge in [-0.05, 0) is 37.3 Å². The highest BCUT2D eigenvalue weighted by atomic mass is 79.9. The number of ether oxygens (including phenoxy) is 1. The molecule has 0 aliphatic heterocycles. The third-order valence-corrected chi connectivity index (χ3v) is 4.60. The van der Waals surface area contributed by atoms with Gasteiger partial charge in [-0.1, -0.05) is 40.2 Å². The van der Waals surface area contributed by atoms with Crippen LogP contribution in [0.5, 0.6) is 5.75 Å². The fourth-order valence-corrected chi connectivity index (χ4v) is 2.92. The summed E-state index contributed by atoms with van der Waals surface area (Å²) in [6.07, 6.45) is -0.872. The van der Waals surface area contributed by atoms with Gasteiger partial charge in [-0.2, -0.15) is 0 Å². The normalized spacial score (nSPS) is 12.4. The average Bonchev–Trinajstić information content (AvgIpc) is 2.53. The number of carbonyl (C=O) groups is 1. The molecule has 0 spiro atoms. The number of hydrogen-bond donors (Lipinski definition) is 2. The second-order valence-electron chi connectivity index (χ2n) is 4.63. The zero-order chi connectivity index (χ0) is 16.9. The first-order valence-corrected chi connectivity index (χ1v) is 8.95. The van der Waals surface area contributed by atoms with E-state index in [-0.39, 0.29) is 4.90 Å². The van der Waals surface area contributed by atoms with Crippen molar-refractivity contribution in [2.45, 2.75) is 17.9 Å². The molecule has 0 radical (unpaired) electrons. The van der Waals surface area contributed by atoms with Crippen molar-refractivity contribution in [3.8, 4) is 5.75 Å². The van der Waals surface area contributed by atoms with Gasteiger partial charge in [-0.15, -0.1) is 4.83 Å². The van der Waals surface area contributed by atoms with Crippen LogP contribution >= 0.6 is 15.9 Å². The zero-order valence-electron chi connectivity index (χ0n) is 12.2. The van der Waals surface area contributed by atoms with Crippen molar-refractivity contribution >= 4 is 31.9 Å². The van der Waals surface area contributed by atoms with Crippen LogP contribution in [0.25, 0.3) is 0 Å². The van der Waals surface area contributed by atoms with Crippen LogP contribution in [0, 0.1) is 0 Å². The summed E-state index contributed by atoms with van der Waals surface area (Å²) < 4.78 is 30.2. The lowest BCUT2D eigenvalue weighted by Gasteiger charge is -2.15. The Labute approximate surface area is 143 Å². The van der Waals surface area contributed by atoms with Gasteiger partial charge in [0, 0.05) is 4.47 Å². The van der Waals surface area contributed by atoms with E-state index in [2.05, 4.69) is 21.4 Å². The third kappa shape index (κ3) is 5.05. The number of sulfonamides is 1. The summed E-state index contributed by atoms with van der Waals surface area (Å²) in [6, 6.07) is 14.7. The fourth-order valence-electron chi connectivity index (χ4n) is 1.68. The summed E-state index contributed by atoms with van der Waals surface area (Å²) in [5, 5.41) is 0. The Bertz CT molecular complexity index is 781. The summed E-state index contributed by atoms with van der Waals surface area (Å²) in [5.74, 6) is -0.113. The van der Waals surface area contributed by atoms with Gasteiger partial charge in [0.1, 0.15) is 5.75 Å². The van der Waals surface area contributed by atoms with Crippen LogP contribution in [0.15, 0.2) is 64.0 Å². The molecule has 1 atom stereocenters. The maximum Gasteiger partial charge on any atom is 0.275 e. The molecule has 6 nitrogen and oxygen atoms in total. The number of amides is 1. The molecule has 0 heterocycles. The molecule has 8 heteroatoms. The van der Waals surface area contributed by atoms with Gasteiger partial charge in [-0.3, -0.25) is 10.2 Å². The van der Waals surface area contributed by atoms with E-state index in [0.29, 0.717) is 5.75 Å². The van der Waals surface area contributed by atoms with Crippen LogP contribution in [0.4, 0.5) is 0 Å². The maximum absolute atomic E-state index is 12.0. The number of rotatable bonds is 6. The molecule has 2 aromatic carbocycles. The second-order valence-corrected chi connectivity index (χ2v) is 7.22. The molecule has 2 N–H and O–H groups in total. The standard InChI is InChI=1S/C15H15BrN2O4S/c1-11(22-13-7-5-6-12(16)10-13)15(19)17-18-23(20,21)14-8-3-2-4-9-14/h2-11,18H,1H3,(H,17,19)/t11-/m0/s1. The minimum absolute atomic E-state index is 0.0564. The lowest BCUT2D eigenvalue weighted by atomic mass is 10.3. The Morgan fingerprint density at radius 3 is 2.48 bits per heavy atom. The first-order valence-electron chi connectivity index (χ1n) is 6.67. The highest BCUT2D eigenvalue weighted by Gasteiger charge is 2.19. The van der Waals surface area contributed by atoms with Crippen molar-refractivity contribution in [2.75, 3.05) is 0 Å². The van der Waals surface area contributed by atoms with E-state index >= 15 is 0 Å². The van der Waals surface area contributed by atoms with Crippen LogP contribution in [-0.2, 0) is 14.8 Å². The number of carbonyl (C=O) groups excluding carboxylic acids is 1. The van der Waals surface area contributed by atoms with Crippen molar-refractivity contribution in [1.82, 2.24) is 10.3 Å². The maximum atomic E-state index is 12.0. The summed E-state index contributed by atoms with van der Waals surface area (Å²) in [4.78, 5) is 14.0. The number of nitrogens with one attached hydrogen (secondary N) is 2. The number of benzene rings is 2. The van der Waals surface area contributed by atoms with Gasteiger partial charge in [0.05, 0.1) is 4.90 Å². The molecule has 0 aliphatic carbocycles. The fraction of sp³-hybridized carbons (Fsp3) is 0.133. The molecule has 0 bridgehead atoms. The molecule has 0 saturated heterocycles. The van der Waals surface area contributed by atoms with Crippen molar-refractivity contribution in [1.29, 1.82) is 0 Å². The summed E-state index contributed by atoms with van der Waals surface area (Å²) >= 11 is 3.30. The smallest absolute Gasteiger partial charge is 0.275 e. The summed E-state index contributed by atoms with van der Waals surface area (Å²) in [7, 11) is -3.81. The van der Waals surface area contributed by atoms with Gasteiger partial charge >= 0.3 is 0 Å². The van der Waals surface area contributed by atoms with Crippen LogP contribution in [0.2, 0.25) is 0 Å². The first-order chi connectivity index (χ1) is 10.9. The Morgan fingerprint density at radius 1 is 1.13 bits per heavy atom. The Kier molecular flexibility index (Phi) is 5.75. The second kappa shape index (κ2) is 7.58. The predicted molar refractivity (Wildman–Crippen MR) is 89.1 cm³/mol. The molecule has 0 aromatic heterocycles. The largest absolute Gasteiger partial charge is 0.481 e. The molecule has 2 rings (SSSR count). The van der Waals surface area contributed by atoms with Gasteiger partial charge in [0.25, 0.3) is 15.9 Å². The average molecular weight is 399 g/mol. The Hall–Kier alpha value is -1.90. The molecular formula is C15H15BrN2O4S. The summed E-state index contributed by atoms with van der Waals surface area (Å²) in [6.45, 7) is 1.52. The van der Waals surface area contributed by atoms with E-state index < -0.39 is 22.0 Å². The van der Waals surface area contributed by atoms with Crippen LogP contribution in [0.1, 0.15) is 6.92 Å². The molecule has 1 amide bonds. The lowest BCUT2D eigenvalue weighted by Crippen LogP contribution is -2.47. The van der Waals surface area contributed by atoms with E-state index in [0.717, 1.165) is 4.47 Å². The Balaban J connectivity index is 1.94. The highest BCUT2D eigenvalue weighted by Crippen LogP contribution is 2.18. The molecule has 122 valence electrons. The molecule has 23 heavy (non-hydrogen) atoms. The first kappa shape index (κ1) is 17.5. The number of halogens is 1. The summed E-state index contributed by atoms with van der Waals surface area (Å²) in [5.41, 5.74) is 2.14. The number of hydrazine groups is 1. The SMILES string of the molecule is C[C@H](Oc1cccc(Br)c1)C(=O)NNS(=O)(=O)c1ccccc1. The minimum atomic E-state index is -3.81. The molecule has 0 saturated carbocycles. The zero-order valence-corrected chi connectivity index (χ0v) is 14.6. The van der Waals surface area contributed by atoms with E-state index in [4.69, 9.17) is 4.74 Å². The molecule has 0 fully saturated rings. The van der Waals surface area contributed by atoms with Crippen molar-refractivity contribution in [3.05, 3.63) is 59.1 Å². The predicted octanol–water partition coefficient (Wildman–Crippen LogP) is 2.23. The van der Waals surface area contributed by atoms with Crippen LogP contribution < -0.4 is 15.0 Å². The van der Waals surface area contributed by atoms with Crippen molar-refractivity contribution < 1.29 is 17.9 Å². The number of hydrogen-bond acceptors (Lipinski definition) is 4. The Morgan fingerprint density at radius 2 is 1.83 bits per heavy atom. The minimum Gasteiger partial charge on any atom is -0.481 e. The van der Waals surface area contributed by atoms with Gasteiger partial charge in [-0.25, -0.2) is 8.42 Å². The van der Waals surface area contributed by atoms with Crippen molar-refractivity contribution in [2.24, 2.45) is 0 Å². The topological polar surface area (TPSA) is 84.5 Å². The molecular weight excluding hydrogens is 384 g/mol. The third-order valence-electron chi connectivity index (χ3n) is 2.84. The molecule has 0 aliphatic rings. The van der Waals surface area contributed by atoms with E-state index in [1.165, 1.54) is 19.1 Å².